The first-order valence-electron chi connectivity index (χ1n) is 2.77. The van der Waals surface area contributed by atoms with E-state index in [4.69, 9.17) is 10.8 Å². The third-order valence-corrected chi connectivity index (χ3v) is 0.797. The fourth-order valence-corrected chi connectivity index (χ4v) is 0.0962. The second-order valence-corrected chi connectivity index (χ2v) is 1.88. The van der Waals surface area contributed by atoms with Crippen LogP contribution in [0.4, 0.5) is 0 Å². The monoisotopic (exact) mass is 129 g/mol. The van der Waals surface area contributed by atoms with Crippen LogP contribution in [0.5, 0.6) is 0 Å². The van der Waals surface area contributed by atoms with Crippen molar-refractivity contribution in [1.29, 1.82) is 0 Å². The number of hydrogen-bond acceptors (Lipinski definition) is 2. The Kier molecular flexibility index (Phi) is 3.71. The third kappa shape index (κ3) is 11.0. The van der Waals surface area contributed by atoms with Crippen molar-refractivity contribution in [2.24, 2.45) is 5.73 Å². The summed E-state index contributed by atoms with van der Waals surface area (Å²) in [5, 5.41) is 7.60. The summed E-state index contributed by atoms with van der Waals surface area (Å²) in [6, 6.07) is 0.583. The van der Waals surface area contributed by atoms with Gasteiger partial charge < -0.3 is 10.8 Å². The van der Waals surface area contributed by atoms with Gasteiger partial charge in [-0.25, -0.2) is 4.79 Å². The van der Waals surface area contributed by atoms with Crippen molar-refractivity contribution in [2.45, 2.75) is 18.9 Å². The van der Waals surface area contributed by atoms with Crippen LogP contribution in [-0.4, -0.2) is 17.1 Å². The van der Waals surface area contributed by atoms with Crippen LogP contribution in [0, 0.1) is 0 Å². The van der Waals surface area contributed by atoms with E-state index in [1.807, 2.05) is 0 Å². The highest BCUT2D eigenvalue weighted by Crippen LogP contribution is 2.13. The Balaban J connectivity index is 0.000000144. The molecule has 0 aromatic heterocycles. The van der Waals surface area contributed by atoms with E-state index >= 15 is 0 Å². The molecule has 52 valence electrons. The van der Waals surface area contributed by atoms with Gasteiger partial charge in [-0.2, -0.15) is 0 Å². The van der Waals surface area contributed by atoms with E-state index in [1.54, 1.807) is 0 Å². The fraction of sp³-hybridized carbons (Fsp3) is 0.500. The number of carbonyl (C=O) groups is 1. The van der Waals surface area contributed by atoms with E-state index in [2.05, 4.69) is 6.58 Å². The molecule has 9 heavy (non-hydrogen) atoms. The highest BCUT2D eigenvalue weighted by molar-refractivity contribution is 5.78. The number of rotatable bonds is 1. The molecular formula is C6H11NO2. The van der Waals surface area contributed by atoms with Crippen LogP contribution in [0.1, 0.15) is 12.8 Å². The largest absolute Gasteiger partial charge is 0.478 e. The molecule has 0 amide bonds. The summed E-state index contributed by atoms with van der Waals surface area (Å²) in [4.78, 5) is 9.25. The molecule has 1 rings (SSSR count). The summed E-state index contributed by atoms with van der Waals surface area (Å²) in [5.41, 5.74) is 5.22. The standard InChI is InChI=1S/C3H7N.C3H4O2/c4-3-1-2-3;1-2-3(4)5/h3H,1-2,4H2;2H,1H2,(H,4,5). The summed E-state index contributed by atoms with van der Waals surface area (Å²) in [6.45, 7) is 2.96. The SMILES string of the molecule is C=CC(=O)O.NC1CC1. The quantitative estimate of drug-likeness (QED) is 0.502. The molecule has 3 heteroatoms. The van der Waals surface area contributed by atoms with Gasteiger partial charge in [0.25, 0.3) is 0 Å². The summed E-state index contributed by atoms with van der Waals surface area (Å²) < 4.78 is 0. The van der Waals surface area contributed by atoms with Gasteiger partial charge in [0.2, 0.25) is 0 Å². The number of hydrogen-bond donors (Lipinski definition) is 2. The van der Waals surface area contributed by atoms with Gasteiger partial charge in [-0.1, -0.05) is 6.58 Å². The first kappa shape index (κ1) is 8.17. The lowest BCUT2D eigenvalue weighted by Crippen LogP contribution is -1.94. The minimum atomic E-state index is -0.981. The molecule has 1 aliphatic rings. The first-order chi connectivity index (χ1) is 4.16. The summed E-state index contributed by atoms with van der Waals surface area (Å²) >= 11 is 0. The van der Waals surface area contributed by atoms with Crippen LogP contribution in [-0.2, 0) is 4.79 Å². The molecule has 0 radical (unpaired) electrons. The predicted molar refractivity (Wildman–Crippen MR) is 35.0 cm³/mol. The first-order valence-corrected chi connectivity index (χ1v) is 2.77. The van der Waals surface area contributed by atoms with Crippen molar-refractivity contribution in [2.75, 3.05) is 0 Å². The van der Waals surface area contributed by atoms with Crippen molar-refractivity contribution in [1.82, 2.24) is 0 Å². The van der Waals surface area contributed by atoms with E-state index in [1.165, 1.54) is 12.8 Å². The normalized spacial score (nSPS) is 15.2. The molecule has 0 bridgehead atoms. The predicted octanol–water partition coefficient (Wildman–Crippen LogP) is 0.365. The molecule has 0 aromatic carbocycles. The smallest absolute Gasteiger partial charge is 0.327 e. The van der Waals surface area contributed by atoms with E-state index < -0.39 is 5.97 Å². The molecule has 0 saturated heterocycles. The van der Waals surface area contributed by atoms with E-state index in [0.29, 0.717) is 6.04 Å². The van der Waals surface area contributed by atoms with Crippen molar-refractivity contribution in [3.63, 3.8) is 0 Å². The average Bonchev–Trinajstić information content (AvgIpc) is 2.53. The topological polar surface area (TPSA) is 63.3 Å². The Morgan fingerprint density at radius 3 is 2.00 bits per heavy atom. The summed E-state index contributed by atoms with van der Waals surface area (Å²) in [7, 11) is 0. The molecule has 0 aliphatic heterocycles. The van der Waals surface area contributed by atoms with Crippen LogP contribution in [0.2, 0.25) is 0 Å². The molecule has 1 fully saturated rings. The summed E-state index contributed by atoms with van der Waals surface area (Å²) in [5.74, 6) is -0.981. The maximum Gasteiger partial charge on any atom is 0.327 e. The lowest BCUT2D eigenvalue weighted by Gasteiger charge is -1.64. The third-order valence-electron chi connectivity index (χ3n) is 0.797. The lowest BCUT2D eigenvalue weighted by atomic mass is 10.7. The number of carboxylic acids is 1. The summed E-state index contributed by atoms with van der Waals surface area (Å²) in [6.07, 6.45) is 3.36. The molecule has 1 saturated carbocycles. The maximum absolute atomic E-state index is 9.25. The minimum Gasteiger partial charge on any atom is -0.478 e. The second-order valence-electron chi connectivity index (χ2n) is 1.88. The van der Waals surface area contributed by atoms with E-state index in [9.17, 15) is 4.79 Å². The highest BCUT2D eigenvalue weighted by atomic mass is 16.4. The average molecular weight is 129 g/mol. The van der Waals surface area contributed by atoms with Gasteiger partial charge in [0, 0.05) is 12.1 Å². The molecule has 0 unspecified atom stereocenters. The van der Waals surface area contributed by atoms with Crippen molar-refractivity contribution in [3.05, 3.63) is 12.7 Å². The van der Waals surface area contributed by atoms with Crippen LogP contribution in [0.3, 0.4) is 0 Å². The number of aliphatic carboxylic acids is 1. The Hall–Kier alpha value is -0.830. The zero-order valence-electron chi connectivity index (χ0n) is 5.21. The molecule has 3 N–H and O–H groups in total. The Morgan fingerprint density at radius 2 is 2.00 bits per heavy atom. The molecule has 3 nitrogen and oxygen atoms in total. The molecular weight excluding hydrogens is 118 g/mol. The highest BCUT2D eigenvalue weighted by Gasteiger charge is 2.13. The lowest BCUT2D eigenvalue weighted by molar-refractivity contribution is -0.131. The zero-order chi connectivity index (χ0) is 7.28. The van der Waals surface area contributed by atoms with Gasteiger partial charge >= 0.3 is 5.97 Å². The van der Waals surface area contributed by atoms with Crippen molar-refractivity contribution >= 4 is 5.97 Å². The van der Waals surface area contributed by atoms with E-state index in [0.717, 1.165) is 6.08 Å². The Labute approximate surface area is 54.2 Å². The molecule has 0 spiro atoms. The van der Waals surface area contributed by atoms with Gasteiger partial charge in [-0.3, -0.25) is 0 Å². The van der Waals surface area contributed by atoms with Gasteiger partial charge in [-0.05, 0) is 12.8 Å². The zero-order valence-corrected chi connectivity index (χ0v) is 5.21. The number of carboxylic acid groups (broad SMARTS) is 1. The van der Waals surface area contributed by atoms with Crippen LogP contribution >= 0.6 is 0 Å². The molecule has 0 heterocycles. The van der Waals surface area contributed by atoms with Gasteiger partial charge in [0.1, 0.15) is 0 Å². The van der Waals surface area contributed by atoms with Gasteiger partial charge in [0.05, 0.1) is 0 Å². The second kappa shape index (κ2) is 4.09. The van der Waals surface area contributed by atoms with Crippen LogP contribution in [0.25, 0.3) is 0 Å². The Morgan fingerprint density at radius 1 is 1.78 bits per heavy atom. The fourth-order valence-electron chi connectivity index (χ4n) is 0.0962. The molecule has 1 aliphatic carbocycles. The Bertz CT molecular complexity index is 108. The molecule has 0 aromatic rings. The minimum absolute atomic E-state index is 0.583. The van der Waals surface area contributed by atoms with Crippen molar-refractivity contribution < 1.29 is 9.90 Å². The molecule has 0 atom stereocenters. The maximum atomic E-state index is 9.25. The van der Waals surface area contributed by atoms with Gasteiger partial charge in [-0.15, -0.1) is 0 Å². The van der Waals surface area contributed by atoms with Gasteiger partial charge in [0.15, 0.2) is 0 Å². The van der Waals surface area contributed by atoms with Crippen LogP contribution < -0.4 is 5.73 Å². The number of nitrogens with two attached hydrogens (primary N) is 1. The van der Waals surface area contributed by atoms with E-state index in [-0.39, 0.29) is 0 Å². The van der Waals surface area contributed by atoms with Crippen molar-refractivity contribution in [3.8, 4) is 0 Å². The van der Waals surface area contributed by atoms with Crippen LogP contribution in [0.15, 0.2) is 12.7 Å².